The monoisotopic (exact) mass is 381 g/mol. The summed E-state index contributed by atoms with van der Waals surface area (Å²) in [4.78, 5) is 16.6. The highest BCUT2D eigenvalue weighted by Gasteiger charge is 2.09. The molecular formula is C21H20ClN3O2. The highest BCUT2D eigenvalue weighted by atomic mass is 35.5. The quantitative estimate of drug-likeness (QED) is 0.648. The van der Waals surface area contributed by atoms with Crippen LogP contribution in [-0.2, 0) is 6.54 Å². The van der Waals surface area contributed by atoms with E-state index in [-0.39, 0.29) is 5.91 Å². The lowest BCUT2D eigenvalue weighted by atomic mass is 10.2. The Kier molecular flexibility index (Phi) is 5.94. The summed E-state index contributed by atoms with van der Waals surface area (Å²) in [6.45, 7) is 2.31. The number of anilines is 2. The number of hydrogen-bond donors (Lipinski definition) is 2. The molecule has 3 aromatic rings. The van der Waals surface area contributed by atoms with E-state index < -0.39 is 0 Å². The number of aryl methyl sites for hydroxylation is 1. The summed E-state index contributed by atoms with van der Waals surface area (Å²) in [6, 6.07) is 15.0. The maximum atomic E-state index is 12.5. The van der Waals surface area contributed by atoms with Gasteiger partial charge in [0.2, 0.25) is 0 Å². The molecule has 1 amide bonds. The molecule has 0 radical (unpaired) electrons. The Morgan fingerprint density at radius 1 is 1.11 bits per heavy atom. The zero-order valence-electron chi connectivity index (χ0n) is 15.1. The molecule has 0 unspecified atom stereocenters. The Labute approximate surface area is 163 Å². The van der Waals surface area contributed by atoms with Gasteiger partial charge in [0.25, 0.3) is 5.91 Å². The van der Waals surface area contributed by atoms with Crippen molar-refractivity contribution in [2.45, 2.75) is 13.5 Å². The lowest BCUT2D eigenvalue weighted by Gasteiger charge is -2.11. The third-order valence-electron chi connectivity index (χ3n) is 4.09. The van der Waals surface area contributed by atoms with Gasteiger partial charge in [-0.25, -0.2) is 0 Å². The second-order valence-corrected chi connectivity index (χ2v) is 6.45. The number of amides is 1. The van der Waals surface area contributed by atoms with Gasteiger partial charge in [-0.05, 0) is 36.8 Å². The van der Waals surface area contributed by atoms with Gasteiger partial charge in [-0.1, -0.05) is 35.9 Å². The van der Waals surface area contributed by atoms with Crippen molar-refractivity contribution in [3.05, 3.63) is 82.6 Å². The maximum absolute atomic E-state index is 12.5. The number of methoxy groups -OCH3 is 1. The number of halogens is 1. The number of carbonyl (C=O) groups excluding carboxylic acids is 1. The van der Waals surface area contributed by atoms with E-state index in [1.165, 1.54) is 6.20 Å². The van der Waals surface area contributed by atoms with Crippen molar-refractivity contribution < 1.29 is 9.53 Å². The molecule has 1 aromatic heterocycles. The maximum Gasteiger partial charge on any atom is 0.253 e. The molecule has 3 rings (SSSR count). The fourth-order valence-electron chi connectivity index (χ4n) is 2.60. The number of aromatic nitrogens is 1. The molecule has 27 heavy (non-hydrogen) atoms. The van der Waals surface area contributed by atoms with Crippen LogP contribution >= 0.6 is 11.6 Å². The Morgan fingerprint density at radius 2 is 1.93 bits per heavy atom. The molecule has 1 heterocycles. The standard InChI is InChI=1S/C21H20ClN3O2/c1-14-7-8-17(10-19(14)22)25-18-9-16(11-23-13-18)21(26)24-12-15-5-3-4-6-20(15)27-2/h3-11,13,25H,12H2,1-2H3,(H,24,26). The van der Waals surface area contributed by atoms with Crippen molar-refractivity contribution in [1.29, 1.82) is 0 Å². The van der Waals surface area contributed by atoms with Crippen LogP contribution in [0.4, 0.5) is 11.4 Å². The van der Waals surface area contributed by atoms with Crippen molar-refractivity contribution in [3.8, 4) is 5.75 Å². The third-order valence-corrected chi connectivity index (χ3v) is 4.50. The zero-order valence-corrected chi connectivity index (χ0v) is 15.9. The van der Waals surface area contributed by atoms with Crippen molar-refractivity contribution in [2.75, 3.05) is 12.4 Å². The predicted octanol–water partition coefficient (Wildman–Crippen LogP) is 4.73. The van der Waals surface area contributed by atoms with Gasteiger partial charge >= 0.3 is 0 Å². The first-order chi connectivity index (χ1) is 13.1. The van der Waals surface area contributed by atoms with Crippen LogP contribution in [0.25, 0.3) is 0 Å². The van der Waals surface area contributed by atoms with Gasteiger partial charge in [0.05, 0.1) is 24.6 Å². The first-order valence-corrected chi connectivity index (χ1v) is 8.83. The molecule has 0 aliphatic heterocycles. The number of carbonyl (C=O) groups is 1. The number of ether oxygens (including phenoxy) is 1. The van der Waals surface area contributed by atoms with Crippen LogP contribution in [0.1, 0.15) is 21.5 Å². The van der Waals surface area contributed by atoms with Gasteiger partial charge in [0, 0.05) is 29.0 Å². The van der Waals surface area contributed by atoms with Crippen LogP contribution in [0, 0.1) is 6.92 Å². The molecule has 0 saturated heterocycles. The number of rotatable bonds is 6. The number of hydrogen-bond acceptors (Lipinski definition) is 4. The molecule has 138 valence electrons. The Bertz CT molecular complexity index is 960. The molecule has 0 fully saturated rings. The predicted molar refractivity (Wildman–Crippen MR) is 108 cm³/mol. The molecule has 2 aromatic carbocycles. The van der Waals surface area contributed by atoms with E-state index in [1.54, 1.807) is 19.4 Å². The largest absolute Gasteiger partial charge is 0.496 e. The van der Waals surface area contributed by atoms with E-state index in [0.717, 1.165) is 22.6 Å². The Morgan fingerprint density at radius 3 is 2.70 bits per heavy atom. The van der Waals surface area contributed by atoms with Crippen molar-refractivity contribution in [2.24, 2.45) is 0 Å². The van der Waals surface area contributed by atoms with Gasteiger partial charge in [0.1, 0.15) is 5.75 Å². The van der Waals surface area contributed by atoms with Crippen molar-refractivity contribution in [3.63, 3.8) is 0 Å². The van der Waals surface area contributed by atoms with Gasteiger partial charge in [0.15, 0.2) is 0 Å². The number of benzene rings is 2. The lowest BCUT2D eigenvalue weighted by molar-refractivity contribution is 0.0950. The average Bonchev–Trinajstić information content (AvgIpc) is 2.69. The number of para-hydroxylation sites is 1. The normalized spacial score (nSPS) is 10.3. The van der Waals surface area contributed by atoms with Gasteiger partial charge in [-0.15, -0.1) is 0 Å². The zero-order chi connectivity index (χ0) is 19.2. The van der Waals surface area contributed by atoms with Crippen LogP contribution in [0.5, 0.6) is 5.75 Å². The summed E-state index contributed by atoms with van der Waals surface area (Å²) < 4.78 is 5.30. The van der Waals surface area contributed by atoms with Gasteiger partial charge in [-0.2, -0.15) is 0 Å². The molecule has 5 nitrogen and oxygen atoms in total. The summed E-state index contributed by atoms with van der Waals surface area (Å²) >= 11 is 6.16. The topological polar surface area (TPSA) is 63.2 Å². The molecule has 2 N–H and O–H groups in total. The van der Waals surface area contributed by atoms with Gasteiger partial charge in [-0.3, -0.25) is 9.78 Å². The SMILES string of the molecule is COc1ccccc1CNC(=O)c1cncc(Nc2ccc(C)c(Cl)c2)c1. The van der Waals surface area contributed by atoms with Gasteiger partial charge < -0.3 is 15.4 Å². The molecule has 0 spiro atoms. The van der Waals surface area contributed by atoms with E-state index in [0.29, 0.717) is 22.8 Å². The van der Waals surface area contributed by atoms with Crippen LogP contribution in [0.2, 0.25) is 5.02 Å². The number of nitrogens with one attached hydrogen (secondary N) is 2. The second kappa shape index (κ2) is 8.56. The molecule has 0 saturated carbocycles. The van der Waals surface area contributed by atoms with E-state index in [9.17, 15) is 4.79 Å². The smallest absolute Gasteiger partial charge is 0.253 e. The summed E-state index contributed by atoms with van der Waals surface area (Å²) in [5.41, 5.74) is 3.92. The lowest BCUT2D eigenvalue weighted by Crippen LogP contribution is -2.23. The molecule has 0 aliphatic carbocycles. The summed E-state index contributed by atoms with van der Waals surface area (Å²) in [5.74, 6) is 0.529. The van der Waals surface area contributed by atoms with Crippen LogP contribution in [0.15, 0.2) is 60.9 Å². The molecule has 0 bridgehead atoms. The second-order valence-electron chi connectivity index (χ2n) is 6.05. The highest BCUT2D eigenvalue weighted by molar-refractivity contribution is 6.31. The summed E-state index contributed by atoms with van der Waals surface area (Å²) in [5, 5.41) is 6.78. The minimum Gasteiger partial charge on any atom is -0.496 e. The third kappa shape index (κ3) is 4.77. The average molecular weight is 382 g/mol. The van der Waals surface area contributed by atoms with E-state index in [4.69, 9.17) is 16.3 Å². The summed E-state index contributed by atoms with van der Waals surface area (Å²) in [6.07, 6.45) is 3.19. The number of nitrogens with zero attached hydrogens (tertiary/aromatic N) is 1. The molecular weight excluding hydrogens is 362 g/mol. The van der Waals surface area contributed by atoms with E-state index in [1.807, 2.05) is 49.4 Å². The fourth-order valence-corrected chi connectivity index (χ4v) is 2.78. The summed E-state index contributed by atoms with van der Waals surface area (Å²) in [7, 11) is 1.61. The van der Waals surface area contributed by atoms with E-state index >= 15 is 0 Å². The Balaban J connectivity index is 1.69. The van der Waals surface area contributed by atoms with Crippen LogP contribution in [-0.4, -0.2) is 18.0 Å². The minimum atomic E-state index is -0.209. The number of pyridine rings is 1. The Hall–Kier alpha value is -3.05. The molecule has 6 heteroatoms. The first-order valence-electron chi connectivity index (χ1n) is 8.45. The molecule has 0 aliphatic rings. The van der Waals surface area contributed by atoms with Crippen molar-refractivity contribution in [1.82, 2.24) is 10.3 Å². The van der Waals surface area contributed by atoms with E-state index in [2.05, 4.69) is 15.6 Å². The first kappa shape index (κ1) is 18.7. The fraction of sp³-hybridized carbons (Fsp3) is 0.143. The van der Waals surface area contributed by atoms with Crippen LogP contribution < -0.4 is 15.4 Å². The molecule has 0 atom stereocenters. The van der Waals surface area contributed by atoms with Crippen molar-refractivity contribution >= 4 is 28.9 Å². The highest BCUT2D eigenvalue weighted by Crippen LogP contribution is 2.23. The minimum absolute atomic E-state index is 0.209. The van der Waals surface area contributed by atoms with Crippen LogP contribution in [0.3, 0.4) is 0 Å².